The highest BCUT2D eigenvalue weighted by atomic mass is 32.2. The second-order valence-corrected chi connectivity index (χ2v) is 7.61. The molecule has 106 valence electrons. The number of benzene rings is 2. The lowest BCUT2D eigenvalue weighted by atomic mass is 10.2. The Bertz CT molecular complexity index is 655. The number of nitrogens with two attached hydrogens (primary N) is 1. The van der Waals surface area contributed by atoms with Crippen molar-refractivity contribution < 1.29 is 8.42 Å². The number of rotatable bonds is 6. The molecule has 5 heteroatoms. The van der Waals surface area contributed by atoms with E-state index in [0.29, 0.717) is 17.2 Å². The summed E-state index contributed by atoms with van der Waals surface area (Å²) in [6.07, 6.45) is 0. The summed E-state index contributed by atoms with van der Waals surface area (Å²) in [5.74, 6) is 0.666. The molecule has 0 heterocycles. The van der Waals surface area contributed by atoms with Crippen LogP contribution < -0.4 is 5.73 Å². The van der Waals surface area contributed by atoms with Crippen molar-refractivity contribution in [2.75, 3.05) is 11.5 Å². The Labute approximate surface area is 124 Å². The predicted molar refractivity (Wildman–Crippen MR) is 83.6 cm³/mol. The third-order valence-corrected chi connectivity index (χ3v) is 5.84. The molecule has 0 aliphatic rings. The van der Waals surface area contributed by atoms with Crippen molar-refractivity contribution in [3.05, 3.63) is 60.2 Å². The molecule has 0 amide bonds. The first-order valence-corrected chi connectivity index (χ1v) is 8.95. The first-order valence-electron chi connectivity index (χ1n) is 6.31. The van der Waals surface area contributed by atoms with Crippen molar-refractivity contribution in [3.63, 3.8) is 0 Å². The van der Waals surface area contributed by atoms with Gasteiger partial charge in [-0.25, -0.2) is 8.42 Å². The second kappa shape index (κ2) is 6.92. The molecule has 0 unspecified atom stereocenters. The number of sulfone groups is 1. The Morgan fingerprint density at radius 1 is 1.00 bits per heavy atom. The SMILES string of the molecule is NCc1cccc(S(=O)(=O)CCSc2ccccc2)c1. The highest BCUT2D eigenvalue weighted by Gasteiger charge is 2.14. The van der Waals surface area contributed by atoms with E-state index in [2.05, 4.69) is 0 Å². The van der Waals surface area contributed by atoms with E-state index >= 15 is 0 Å². The molecule has 2 N–H and O–H groups in total. The third-order valence-electron chi connectivity index (χ3n) is 2.86. The first-order chi connectivity index (χ1) is 9.62. The van der Waals surface area contributed by atoms with Crippen LogP contribution in [0.25, 0.3) is 0 Å². The van der Waals surface area contributed by atoms with Gasteiger partial charge in [-0.05, 0) is 29.8 Å². The molecule has 0 spiro atoms. The molecule has 0 aliphatic carbocycles. The van der Waals surface area contributed by atoms with Crippen molar-refractivity contribution in [1.82, 2.24) is 0 Å². The summed E-state index contributed by atoms with van der Waals surface area (Å²) < 4.78 is 24.5. The minimum Gasteiger partial charge on any atom is -0.326 e. The van der Waals surface area contributed by atoms with Gasteiger partial charge < -0.3 is 5.73 Å². The molecule has 20 heavy (non-hydrogen) atoms. The minimum absolute atomic E-state index is 0.126. The van der Waals surface area contributed by atoms with E-state index in [1.54, 1.807) is 30.0 Å². The minimum atomic E-state index is -3.24. The van der Waals surface area contributed by atoms with E-state index < -0.39 is 9.84 Å². The van der Waals surface area contributed by atoms with Crippen LogP contribution in [0.2, 0.25) is 0 Å². The van der Waals surface area contributed by atoms with Crippen molar-refractivity contribution in [1.29, 1.82) is 0 Å². The van der Waals surface area contributed by atoms with Gasteiger partial charge in [-0.1, -0.05) is 30.3 Å². The molecule has 0 radical (unpaired) electrons. The van der Waals surface area contributed by atoms with Crippen LogP contribution in [0.5, 0.6) is 0 Å². The Morgan fingerprint density at radius 2 is 1.75 bits per heavy atom. The summed E-state index contributed by atoms with van der Waals surface area (Å²) in [5.41, 5.74) is 6.37. The molecule has 0 atom stereocenters. The van der Waals surface area contributed by atoms with Crippen molar-refractivity contribution >= 4 is 21.6 Å². The largest absolute Gasteiger partial charge is 0.326 e. The topological polar surface area (TPSA) is 60.2 Å². The lowest BCUT2D eigenvalue weighted by Crippen LogP contribution is -2.09. The summed E-state index contributed by atoms with van der Waals surface area (Å²) in [7, 11) is -3.24. The number of thioether (sulfide) groups is 1. The average Bonchev–Trinajstić information content (AvgIpc) is 2.48. The lowest BCUT2D eigenvalue weighted by Gasteiger charge is -2.06. The Morgan fingerprint density at radius 3 is 2.45 bits per heavy atom. The Kier molecular flexibility index (Phi) is 5.23. The predicted octanol–water partition coefficient (Wildman–Crippen LogP) is 2.71. The van der Waals surface area contributed by atoms with Gasteiger partial charge >= 0.3 is 0 Å². The van der Waals surface area contributed by atoms with Gasteiger partial charge in [0.1, 0.15) is 0 Å². The van der Waals surface area contributed by atoms with E-state index in [1.165, 1.54) is 0 Å². The fraction of sp³-hybridized carbons (Fsp3) is 0.200. The summed E-state index contributed by atoms with van der Waals surface area (Å²) in [6.45, 7) is 0.349. The molecule has 0 aliphatic heterocycles. The zero-order chi connectivity index (χ0) is 14.4. The van der Waals surface area contributed by atoms with Gasteiger partial charge in [0, 0.05) is 17.2 Å². The van der Waals surface area contributed by atoms with Crippen LogP contribution in [0, 0.1) is 0 Å². The smallest absolute Gasteiger partial charge is 0.179 e. The van der Waals surface area contributed by atoms with E-state index in [4.69, 9.17) is 5.73 Å². The van der Waals surface area contributed by atoms with Gasteiger partial charge in [-0.2, -0.15) is 0 Å². The monoisotopic (exact) mass is 307 g/mol. The zero-order valence-corrected chi connectivity index (χ0v) is 12.7. The summed E-state index contributed by atoms with van der Waals surface area (Å²) in [4.78, 5) is 1.44. The highest BCUT2D eigenvalue weighted by Crippen LogP contribution is 2.20. The summed E-state index contributed by atoms with van der Waals surface area (Å²) >= 11 is 1.55. The third kappa shape index (κ3) is 4.10. The second-order valence-electron chi connectivity index (χ2n) is 4.33. The van der Waals surface area contributed by atoms with Gasteiger partial charge in [-0.3, -0.25) is 0 Å². The molecular weight excluding hydrogens is 290 g/mol. The molecular formula is C15H17NO2S2. The van der Waals surface area contributed by atoms with Gasteiger partial charge in [-0.15, -0.1) is 11.8 Å². The molecule has 0 aromatic heterocycles. The lowest BCUT2D eigenvalue weighted by molar-refractivity contribution is 0.597. The quantitative estimate of drug-likeness (QED) is 0.834. The van der Waals surface area contributed by atoms with Crippen LogP contribution in [-0.4, -0.2) is 19.9 Å². The Hall–Kier alpha value is -1.30. The van der Waals surface area contributed by atoms with Crippen LogP contribution in [-0.2, 0) is 16.4 Å². The first kappa shape index (κ1) is 15.1. The van der Waals surface area contributed by atoms with E-state index in [0.717, 1.165) is 10.5 Å². The van der Waals surface area contributed by atoms with Gasteiger partial charge in [0.25, 0.3) is 0 Å². The maximum absolute atomic E-state index is 12.2. The highest BCUT2D eigenvalue weighted by molar-refractivity contribution is 8.00. The molecule has 2 rings (SSSR count). The van der Waals surface area contributed by atoms with Crippen LogP contribution in [0.15, 0.2) is 64.4 Å². The van der Waals surface area contributed by atoms with E-state index in [1.807, 2.05) is 36.4 Å². The molecule has 0 bridgehead atoms. The maximum atomic E-state index is 12.2. The molecule has 0 fully saturated rings. The van der Waals surface area contributed by atoms with Crippen LogP contribution in [0.3, 0.4) is 0 Å². The average molecular weight is 307 g/mol. The number of hydrogen-bond acceptors (Lipinski definition) is 4. The fourth-order valence-electron chi connectivity index (χ4n) is 1.77. The van der Waals surface area contributed by atoms with Gasteiger partial charge in [0.2, 0.25) is 0 Å². The van der Waals surface area contributed by atoms with E-state index in [-0.39, 0.29) is 5.75 Å². The fourth-order valence-corrected chi connectivity index (χ4v) is 4.42. The van der Waals surface area contributed by atoms with Crippen LogP contribution >= 0.6 is 11.8 Å². The molecule has 0 saturated carbocycles. The van der Waals surface area contributed by atoms with Crippen molar-refractivity contribution in [2.45, 2.75) is 16.3 Å². The summed E-state index contributed by atoms with van der Waals surface area (Å²) in [6, 6.07) is 16.6. The number of hydrogen-bond donors (Lipinski definition) is 1. The molecule has 0 saturated heterocycles. The van der Waals surface area contributed by atoms with Crippen molar-refractivity contribution in [3.8, 4) is 0 Å². The molecule has 2 aromatic carbocycles. The Balaban J connectivity index is 2.00. The van der Waals surface area contributed by atoms with Crippen LogP contribution in [0.1, 0.15) is 5.56 Å². The standard InChI is InChI=1S/C15H17NO2S2/c16-12-13-5-4-8-15(11-13)20(17,18)10-9-19-14-6-2-1-3-7-14/h1-8,11H,9-10,12,16H2. The van der Waals surface area contributed by atoms with Gasteiger partial charge in [0.15, 0.2) is 9.84 Å². The normalized spacial score (nSPS) is 11.4. The zero-order valence-electron chi connectivity index (χ0n) is 11.0. The molecule has 2 aromatic rings. The van der Waals surface area contributed by atoms with Gasteiger partial charge in [0.05, 0.1) is 10.6 Å². The van der Waals surface area contributed by atoms with Crippen molar-refractivity contribution in [2.24, 2.45) is 5.73 Å². The molecule has 3 nitrogen and oxygen atoms in total. The van der Waals surface area contributed by atoms with E-state index in [9.17, 15) is 8.42 Å². The maximum Gasteiger partial charge on any atom is 0.179 e. The summed E-state index contributed by atoms with van der Waals surface area (Å²) in [5, 5.41) is 0. The van der Waals surface area contributed by atoms with Crippen LogP contribution in [0.4, 0.5) is 0 Å².